The first-order valence-corrected chi connectivity index (χ1v) is 6.50. The molecule has 6 heteroatoms. The fourth-order valence-electron chi connectivity index (χ4n) is 1.82. The lowest BCUT2D eigenvalue weighted by atomic mass is 10.2. The molecule has 0 spiro atoms. The van der Waals surface area contributed by atoms with Crippen LogP contribution in [0.15, 0.2) is 64.4 Å². The highest BCUT2D eigenvalue weighted by atomic mass is 16.3. The van der Waals surface area contributed by atoms with E-state index in [9.17, 15) is 4.79 Å². The molecule has 0 aromatic carbocycles. The lowest BCUT2D eigenvalue weighted by Crippen LogP contribution is -2.25. The van der Waals surface area contributed by atoms with Crippen molar-refractivity contribution in [3.8, 4) is 0 Å². The van der Waals surface area contributed by atoms with E-state index in [2.05, 4.69) is 28.5 Å². The quantitative estimate of drug-likeness (QED) is 0.655. The van der Waals surface area contributed by atoms with Gasteiger partial charge in [0.2, 0.25) is 5.88 Å². The number of nitrogen functional groups attached to an aromatic ring is 1. The van der Waals surface area contributed by atoms with E-state index in [1.54, 1.807) is 31.3 Å². The molecular weight excluding hydrogens is 280 g/mol. The largest absolute Gasteiger partial charge is 0.438 e. The summed E-state index contributed by atoms with van der Waals surface area (Å²) in [6.07, 6.45) is 6.03. The first-order valence-electron chi connectivity index (χ1n) is 6.50. The summed E-state index contributed by atoms with van der Waals surface area (Å²) >= 11 is 0. The highest BCUT2D eigenvalue weighted by molar-refractivity contribution is 6.10. The molecule has 0 atom stereocenters. The zero-order valence-electron chi connectivity index (χ0n) is 12.2. The van der Waals surface area contributed by atoms with Crippen molar-refractivity contribution in [1.82, 2.24) is 10.3 Å². The number of amides is 1. The van der Waals surface area contributed by atoms with Crippen molar-refractivity contribution in [3.63, 3.8) is 0 Å². The van der Waals surface area contributed by atoms with Gasteiger partial charge < -0.3 is 15.5 Å². The van der Waals surface area contributed by atoms with Crippen LogP contribution in [0.3, 0.4) is 0 Å². The van der Waals surface area contributed by atoms with Crippen molar-refractivity contribution in [2.24, 2.45) is 4.99 Å². The lowest BCUT2D eigenvalue weighted by molar-refractivity contribution is 0.0969. The van der Waals surface area contributed by atoms with Crippen LogP contribution in [0.1, 0.15) is 17.3 Å². The van der Waals surface area contributed by atoms with Gasteiger partial charge in [-0.2, -0.15) is 0 Å². The van der Waals surface area contributed by atoms with Gasteiger partial charge in [0.05, 0.1) is 11.9 Å². The van der Waals surface area contributed by atoms with Crippen molar-refractivity contribution >= 4 is 29.1 Å². The zero-order valence-corrected chi connectivity index (χ0v) is 12.2. The molecule has 0 aliphatic rings. The number of pyridine rings is 1. The minimum absolute atomic E-state index is 0.0162. The molecule has 1 amide bonds. The Morgan fingerprint density at radius 2 is 2.27 bits per heavy atom. The van der Waals surface area contributed by atoms with E-state index in [1.165, 1.54) is 12.4 Å². The Morgan fingerprint density at radius 1 is 1.50 bits per heavy atom. The fourth-order valence-corrected chi connectivity index (χ4v) is 1.82. The summed E-state index contributed by atoms with van der Waals surface area (Å²) in [5.41, 5.74) is 8.08. The smallest absolute Gasteiger partial charge is 0.263 e. The van der Waals surface area contributed by atoms with Crippen LogP contribution in [0.5, 0.6) is 0 Å². The van der Waals surface area contributed by atoms with Crippen LogP contribution >= 0.6 is 0 Å². The van der Waals surface area contributed by atoms with Gasteiger partial charge in [-0.3, -0.25) is 14.8 Å². The first kappa shape index (κ1) is 15.2. The zero-order chi connectivity index (χ0) is 16.1. The highest BCUT2D eigenvalue weighted by Gasteiger charge is 2.20. The van der Waals surface area contributed by atoms with E-state index in [0.717, 1.165) is 5.57 Å². The second-order valence-electron chi connectivity index (χ2n) is 4.41. The van der Waals surface area contributed by atoms with E-state index in [4.69, 9.17) is 10.2 Å². The van der Waals surface area contributed by atoms with Gasteiger partial charge in [0.15, 0.2) is 5.58 Å². The van der Waals surface area contributed by atoms with E-state index >= 15 is 0 Å². The van der Waals surface area contributed by atoms with Gasteiger partial charge in [0.25, 0.3) is 5.91 Å². The summed E-state index contributed by atoms with van der Waals surface area (Å²) < 4.78 is 5.34. The topological polar surface area (TPSA) is 93.5 Å². The third kappa shape index (κ3) is 2.95. The molecule has 2 heterocycles. The summed E-state index contributed by atoms with van der Waals surface area (Å²) in [4.78, 5) is 20.5. The van der Waals surface area contributed by atoms with Crippen molar-refractivity contribution in [2.45, 2.75) is 6.92 Å². The Hall–Kier alpha value is -3.15. The van der Waals surface area contributed by atoms with Crippen LogP contribution in [0, 0.1) is 0 Å². The number of fused-ring (bicyclic) bond motifs is 1. The Morgan fingerprint density at radius 3 is 2.95 bits per heavy atom. The van der Waals surface area contributed by atoms with Crippen LogP contribution in [0.25, 0.3) is 11.1 Å². The molecule has 2 aromatic rings. The molecule has 0 aliphatic carbocycles. The summed E-state index contributed by atoms with van der Waals surface area (Å²) in [5, 5.41) is 2.73. The van der Waals surface area contributed by atoms with E-state index in [0.29, 0.717) is 16.8 Å². The van der Waals surface area contributed by atoms with Gasteiger partial charge in [0.1, 0.15) is 11.1 Å². The molecule has 3 N–H and O–H groups in total. The maximum Gasteiger partial charge on any atom is 0.263 e. The monoisotopic (exact) mass is 296 g/mol. The Balaban J connectivity index is 2.42. The van der Waals surface area contributed by atoms with Crippen LogP contribution in [0.4, 0.5) is 5.88 Å². The van der Waals surface area contributed by atoms with Gasteiger partial charge in [-0.1, -0.05) is 19.2 Å². The molecule has 6 nitrogen and oxygen atoms in total. The summed E-state index contributed by atoms with van der Waals surface area (Å²) in [7, 11) is 0. The van der Waals surface area contributed by atoms with Gasteiger partial charge in [-0.15, -0.1) is 0 Å². The van der Waals surface area contributed by atoms with Crippen molar-refractivity contribution in [2.75, 3.05) is 5.73 Å². The van der Waals surface area contributed by atoms with Crippen molar-refractivity contribution in [3.05, 3.63) is 60.6 Å². The Bertz CT molecular complexity index is 800. The number of hydrogen-bond acceptors (Lipinski definition) is 5. The van der Waals surface area contributed by atoms with Gasteiger partial charge in [-0.25, -0.2) is 0 Å². The van der Waals surface area contributed by atoms with Crippen molar-refractivity contribution in [1.29, 1.82) is 0 Å². The standard InChI is InChI=1S/C16H16N4O2/c1-4-10(3)11(9-18-5-2)20-16(21)13-14-12(22-15(13)17)7-6-8-19-14/h4-9H,1-2,17H2,3H3,(H,20,21)/b11-10+,18-9-. The summed E-state index contributed by atoms with van der Waals surface area (Å²) in [5.74, 6) is -0.413. The van der Waals surface area contributed by atoms with E-state index in [1.807, 2.05) is 0 Å². The first-order chi connectivity index (χ1) is 10.6. The molecule has 0 saturated carbocycles. The van der Waals surface area contributed by atoms with Crippen LogP contribution in [-0.2, 0) is 0 Å². The average molecular weight is 296 g/mol. The highest BCUT2D eigenvalue weighted by Crippen LogP contribution is 2.25. The number of allylic oxidation sites excluding steroid dienone is 3. The number of nitrogens with two attached hydrogens (primary N) is 1. The van der Waals surface area contributed by atoms with Crippen LogP contribution in [-0.4, -0.2) is 17.1 Å². The molecule has 0 aliphatic heterocycles. The average Bonchev–Trinajstić information content (AvgIpc) is 2.86. The molecule has 0 saturated heterocycles. The number of rotatable bonds is 5. The minimum Gasteiger partial charge on any atom is -0.438 e. The van der Waals surface area contributed by atoms with Crippen molar-refractivity contribution < 1.29 is 9.21 Å². The molecular formula is C16H16N4O2. The number of aliphatic imine (C=N–C) groups is 1. The van der Waals surface area contributed by atoms with Gasteiger partial charge >= 0.3 is 0 Å². The van der Waals surface area contributed by atoms with Crippen LogP contribution < -0.4 is 11.1 Å². The Kier molecular flexibility index (Phi) is 4.53. The summed E-state index contributed by atoms with van der Waals surface area (Å²) in [6.45, 7) is 8.97. The molecule has 112 valence electrons. The maximum atomic E-state index is 12.5. The molecule has 2 aromatic heterocycles. The summed E-state index contributed by atoms with van der Waals surface area (Å²) in [6, 6.07) is 3.40. The second-order valence-corrected chi connectivity index (χ2v) is 4.41. The number of nitrogens with zero attached hydrogens (tertiary/aromatic N) is 2. The SMILES string of the molecule is C=C/N=C\C(NC(=O)c1c(N)oc2cccnc12)=C(\C)C=C. The third-order valence-electron chi connectivity index (χ3n) is 2.99. The number of furan rings is 1. The number of carbonyl (C=O) groups excluding carboxylic acids is 1. The molecule has 0 radical (unpaired) electrons. The normalized spacial score (nSPS) is 12.2. The second kappa shape index (κ2) is 6.53. The van der Waals surface area contributed by atoms with E-state index < -0.39 is 5.91 Å². The fraction of sp³-hybridized carbons (Fsp3) is 0.0625. The number of nitrogens with one attached hydrogen (secondary N) is 1. The number of carbonyl (C=O) groups is 1. The third-order valence-corrected chi connectivity index (χ3v) is 2.99. The molecule has 0 bridgehead atoms. The maximum absolute atomic E-state index is 12.5. The number of hydrogen-bond donors (Lipinski definition) is 2. The minimum atomic E-state index is -0.429. The van der Waals surface area contributed by atoms with Gasteiger partial charge in [0, 0.05) is 12.4 Å². The molecule has 0 fully saturated rings. The lowest BCUT2D eigenvalue weighted by Gasteiger charge is -2.07. The number of aromatic nitrogens is 1. The van der Waals surface area contributed by atoms with E-state index in [-0.39, 0.29) is 11.4 Å². The van der Waals surface area contributed by atoms with Crippen LogP contribution in [0.2, 0.25) is 0 Å². The van der Waals surface area contributed by atoms with Gasteiger partial charge in [-0.05, 0) is 24.6 Å². The predicted octanol–water partition coefficient (Wildman–Crippen LogP) is 2.81. The number of anilines is 1. The predicted molar refractivity (Wildman–Crippen MR) is 87.5 cm³/mol. The molecule has 22 heavy (non-hydrogen) atoms. The Labute approximate surface area is 127 Å². The molecule has 2 rings (SSSR count). The molecule has 0 unspecified atom stereocenters.